The van der Waals surface area contributed by atoms with Crippen LogP contribution < -0.4 is 4.43 Å². The number of para-hydroxylation sites is 1. The molecular weight excluding hydrogens is 300 g/mol. The summed E-state index contributed by atoms with van der Waals surface area (Å²) in [6.45, 7) is 9.50. The highest BCUT2D eigenvalue weighted by Crippen LogP contribution is 2.31. The van der Waals surface area contributed by atoms with Gasteiger partial charge in [-0.25, -0.2) is 0 Å². The van der Waals surface area contributed by atoms with Crippen molar-refractivity contribution >= 4 is 8.56 Å². The van der Waals surface area contributed by atoms with Gasteiger partial charge in [0.1, 0.15) is 5.75 Å². The van der Waals surface area contributed by atoms with Gasteiger partial charge in [0.25, 0.3) is 0 Å². The highest BCUT2D eigenvalue weighted by Gasteiger charge is 2.27. The van der Waals surface area contributed by atoms with E-state index in [-0.39, 0.29) is 0 Å². The number of hydrogen-bond acceptors (Lipinski definition) is 2. The summed E-state index contributed by atoms with van der Waals surface area (Å²) in [7, 11) is -2.18. The predicted molar refractivity (Wildman–Crippen MR) is 100 cm³/mol. The van der Waals surface area contributed by atoms with Crippen LogP contribution in [0, 0.1) is 5.92 Å². The van der Waals surface area contributed by atoms with Gasteiger partial charge >= 0.3 is 8.56 Å². The van der Waals surface area contributed by atoms with Crippen molar-refractivity contribution in [2.45, 2.75) is 39.8 Å². The van der Waals surface area contributed by atoms with Crippen molar-refractivity contribution in [1.82, 2.24) is 0 Å². The van der Waals surface area contributed by atoms with E-state index in [9.17, 15) is 0 Å². The molecule has 23 heavy (non-hydrogen) atoms. The molecule has 0 atom stereocenters. The van der Waals surface area contributed by atoms with E-state index in [0.717, 1.165) is 30.3 Å². The van der Waals surface area contributed by atoms with Gasteiger partial charge in [-0.15, -0.1) is 0 Å². The van der Waals surface area contributed by atoms with Gasteiger partial charge in [0.15, 0.2) is 0 Å². The Hall–Kier alpha value is -1.58. The van der Waals surface area contributed by atoms with E-state index in [4.69, 9.17) is 8.85 Å². The van der Waals surface area contributed by atoms with Crippen molar-refractivity contribution in [2.24, 2.45) is 5.92 Å². The van der Waals surface area contributed by atoms with Gasteiger partial charge in [-0.1, -0.05) is 62.4 Å². The molecule has 0 saturated carbocycles. The van der Waals surface area contributed by atoms with Crippen LogP contribution in [0.1, 0.15) is 26.7 Å². The molecule has 0 bridgehead atoms. The van der Waals surface area contributed by atoms with E-state index in [1.165, 1.54) is 12.0 Å². The van der Waals surface area contributed by atoms with E-state index in [1.807, 2.05) is 24.3 Å². The fourth-order valence-corrected chi connectivity index (χ4v) is 3.92. The second kappa shape index (κ2) is 8.32. The van der Waals surface area contributed by atoms with Crippen LogP contribution in [0.5, 0.6) is 5.75 Å². The molecule has 2 nitrogen and oxygen atoms in total. The molecule has 0 aliphatic carbocycles. The first-order valence-corrected chi connectivity index (χ1v) is 11.3. The maximum Gasteiger partial charge on any atom is 0.392 e. The minimum atomic E-state index is -2.18. The van der Waals surface area contributed by atoms with Gasteiger partial charge in [0, 0.05) is 12.2 Å². The molecule has 0 aromatic heterocycles. The lowest BCUT2D eigenvalue weighted by Crippen LogP contribution is -2.38. The van der Waals surface area contributed by atoms with Crippen LogP contribution in [-0.2, 0) is 4.43 Å². The summed E-state index contributed by atoms with van der Waals surface area (Å²) in [6.07, 6.45) is 2.29. The third-order valence-electron chi connectivity index (χ3n) is 3.70. The molecular formula is C20H28O2Si. The molecule has 0 N–H and O–H groups in total. The molecule has 0 radical (unpaired) electrons. The second-order valence-electron chi connectivity index (χ2n) is 6.75. The normalized spacial score (nSPS) is 11.7. The summed E-state index contributed by atoms with van der Waals surface area (Å²) in [6, 6.07) is 18.6. The Bertz CT molecular complexity index is 594. The molecule has 0 aliphatic rings. The summed E-state index contributed by atoms with van der Waals surface area (Å²) in [4.78, 5) is 0. The Morgan fingerprint density at radius 2 is 1.57 bits per heavy atom. The van der Waals surface area contributed by atoms with Crippen molar-refractivity contribution in [1.29, 1.82) is 0 Å². The SMILES string of the molecule is CC(C)CCCO[Si](C)(C)Oc1ccccc1-c1ccccc1. The highest BCUT2D eigenvalue weighted by molar-refractivity contribution is 6.65. The highest BCUT2D eigenvalue weighted by atomic mass is 28.4. The fraction of sp³-hybridized carbons (Fsp3) is 0.400. The summed E-state index contributed by atoms with van der Waals surface area (Å²) < 4.78 is 12.4. The first-order valence-electron chi connectivity index (χ1n) is 8.45. The van der Waals surface area contributed by atoms with Crippen LogP contribution in [0.3, 0.4) is 0 Å². The van der Waals surface area contributed by atoms with E-state index in [1.54, 1.807) is 0 Å². The Balaban J connectivity index is 2.04. The second-order valence-corrected chi connectivity index (χ2v) is 10.0. The largest absolute Gasteiger partial charge is 0.520 e. The first-order chi connectivity index (χ1) is 11.0. The van der Waals surface area contributed by atoms with Crippen molar-refractivity contribution in [3.8, 4) is 16.9 Å². The molecule has 124 valence electrons. The van der Waals surface area contributed by atoms with Gasteiger partial charge in [-0.3, -0.25) is 0 Å². The quantitative estimate of drug-likeness (QED) is 0.444. The molecule has 2 rings (SSSR count). The summed E-state index contributed by atoms with van der Waals surface area (Å²) in [5.41, 5.74) is 2.30. The van der Waals surface area contributed by atoms with Crippen LogP contribution in [0.2, 0.25) is 13.1 Å². The average molecular weight is 329 g/mol. The Kier molecular flexibility index (Phi) is 6.43. The van der Waals surface area contributed by atoms with E-state index in [0.29, 0.717) is 0 Å². The smallest absolute Gasteiger partial charge is 0.392 e. The van der Waals surface area contributed by atoms with E-state index in [2.05, 4.69) is 57.3 Å². The maximum atomic E-state index is 6.31. The minimum absolute atomic E-state index is 0.725. The fourth-order valence-electron chi connectivity index (χ4n) is 2.52. The van der Waals surface area contributed by atoms with Crippen LogP contribution in [0.15, 0.2) is 54.6 Å². The predicted octanol–water partition coefficient (Wildman–Crippen LogP) is 5.89. The molecule has 3 heteroatoms. The number of rotatable bonds is 8. The van der Waals surface area contributed by atoms with Crippen LogP contribution in [0.4, 0.5) is 0 Å². The van der Waals surface area contributed by atoms with Crippen LogP contribution in [-0.4, -0.2) is 15.2 Å². The third-order valence-corrected chi connectivity index (χ3v) is 5.31. The van der Waals surface area contributed by atoms with E-state index >= 15 is 0 Å². The van der Waals surface area contributed by atoms with Gasteiger partial charge in [0.2, 0.25) is 0 Å². The van der Waals surface area contributed by atoms with Gasteiger partial charge in [-0.05, 0) is 43.5 Å². The zero-order valence-electron chi connectivity index (χ0n) is 14.7. The van der Waals surface area contributed by atoms with Crippen molar-refractivity contribution < 1.29 is 8.85 Å². The maximum absolute atomic E-state index is 6.31. The summed E-state index contributed by atoms with van der Waals surface area (Å²) in [5.74, 6) is 1.64. The summed E-state index contributed by atoms with van der Waals surface area (Å²) in [5, 5.41) is 0. The topological polar surface area (TPSA) is 18.5 Å². The zero-order chi connectivity index (χ0) is 16.7. The lowest BCUT2D eigenvalue weighted by Gasteiger charge is -2.25. The molecule has 2 aromatic rings. The molecule has 2 aromatic carbocycles. The first kappa shape index (κ1) is 17.8. The Labute approximate surface area is 141 Å². The number of benzene rings is 2. The standard InChI is InChI=1S/C20H28O2Si/c1-17(2)11-10-16-21-23(3,4)22-20-15-9-8-14-19(20)18-12-6-5-7-13-18/h5-9,12-15,17H,10-11,16H2,1-4H3. The van der Waals surface area contributed by atoms with Gasteiger partial charge in [0.05, 0.1) is 0 Å². The monoisotopic (exact) mass is 328 g/mol. The van der Waals surface area contributed by atoms with Crippen molar-refractivity contribution in [3.05, 3.63) is 54.6 Å². The van der Waals surface area contributed by atoms with Gasteiger partial charge < -0.3 is 8.85 Å². The third kappa shape index (κ3) is 5.85. The minimum Gasteiger partial charge on any atom is -0.520 e. The molecule has 0 fully saturated rings. The van der Waals surface area contributed by atoms with Crippen molar-refractivity contribution in [2.75, 3.05) is 6.61 Å². The van der Waals surface area contributed by atoms with Gasteiger partial charge in [-0.2, -0.15) is 0 Å². The Morgan fingerprint density at radius 3 is 2.26 bits per heavy atom. The summed E-state index contributed by atoms with van der Waals surface area (Å²) >= 11 is 0. The van der Waals surface area contributed by atoms with Crippen molar-refractivity contribution in [3.63, 3.8) is 0 Å². The Morgan fingerprint density at radius 1 is 0.913 bits per heavy atom. The lowest BCUT2D eigenvalue weighted by molar-refractivity contribution is 0.237. The van der Waals surface area contributed by atoms with Crippen LogP contribution >= 0.6 is 0 Å². The average Bonchev–Trinajstić information content (AvgIpc) is 2.52. The molecule has 0 unspecified atom stereocenters. The molecule has 0 heterocycles. The zero-order valence-corrected chi connectivity index (χ0v) is 15.7. The molecule has 0 spiro atoms. The molecule has 0 saturated heterocycles. The van der Waals surface area contributed by atoms with E-state index < -0.39 is 8.56 Å². The molecule has 0 aliphatic heterocycles. The molecule has 0 amide bonds. The van der Waals surface area contributed by atoms with Crippen LogP contribution in [0.25, 0.3) is 11.1 Å². The lowest BCUT2D eigenvalue weighted by atomic mass is 10.1. The number of hydrogen-bond donors (Lipinski definition) is 0.